The Hall–Kier alpha value is -6.68. The molecule has 9 aromatic rings. The summed E-state index contributed by atoms with van der Waals surface area (Å²) in [4.78, 5) is 9.69. The van der Waals surface area contributed by atoms with Crippen molar-refractivity contribution in [2.75, 3.05) is 9.80 Å². The Balaban J connectivity index is 0.00000706. The van der Waals surface area contributed by atoms with Crippen molar-refractivity contribution < 1.29 is 25.8 Å². The van der Waals surface area contributed by atoms with E-state index in [1.807, 2.05) is 18.3 Å². The molecule has 0 fully saturated rings. The molecule has 0 unspecified atom stereocenters. The van der Waals surface area contributed by atoms with Crippen LogP contribution in [0.4, 0.5) is 11.4 Å². The zero-order valence-electron chi connectivity index (χ0n) is 46.9. The van der Waals surface area contributed by atoms with E-state index in [-0.39, 0.29) is 42.7 Å². The number of nitrogens with zero attached hydrogens (tertiary/aromatic N) is 4. The van der Waals surface area contributed by atoms with E-state index in [4.69, 9.17) is 9.72 Å². The summed E-state index contributed by atoms with van der Waals surface area (Å²) >= 11 is 0. The number of hydrogen-bond donors (Lipinski definition) is 0. The number of rotatable bonds is 12. The fourth-order valence-corrected chi connectivity index (χ4v) is 10.7. The molecule has 0 saturated carbocycles. The van der Waals surface area contributed by atoms with E-state index in [0.29, 0.717) is 23.3 Å². The molecule has 0 N–H and O–H groups in total. The van der Waals surface area contributed by atoms with Gasteiger partial charge in [-0.25, -0.2) is 4.98 Å². The number of aromatic nitrogens is 2. The molecule has 2 aromatic heterocycles. The second-order valence-corrected chi connectivity index (χ2v) is 24.3. The van der Waals surface area contributed by atoms with Crippen molar-refractivity contribution >= 4 is 38.9 Å². The largest absolute Gasteiger partial charge is 0.509 e. The molecule has 0 radical (unpaired) electrons. The molecule has 0 saturated heterocycles. The van der Waals surface area contributed by atoms with Crippen LogP contribution in [0.5, 0.6) is 11.5 Å². The number of ether oxygens (including phenoxy) is 1. The third-order valence-electron chi connectivity index (χ3n) is 15.6. The maximum atomic E-state index is 6.91. The minimum Gasteiger partial charge on any atom is -0.509 e. The Kier molecular flexibility index (Phi) is 14.7. The molecular formula is C70H73N4OPt-3. The summed E-state index contributed by atoms with van der Waals surface area (Å²) in [7, 11) is 0. The van der Waals surface area contributed by atoms with Crippen LogP contribution in [0.15, 0.2) is 170 Å². The molecule has 0 aliphatic carbocycles. The SMILES string of the molecule is CC(C)c1cccc(C(C)C)c1C1=CN(c2cc(C(C)(C)C)cc(C(C)(C)C)c2)[CH-]N1c1[c-]c(Oc2[c-]c3c(cc2)c2cc(C(C)(C)c4ccccc4)ccc2n3-c2cc(C(C)(C)c3ccccc3)ccn2)ccc1.[Pt]. The average Bonchev–Trinajstić information content (AvgIpc) is 3.98. The molecule has 5 nitrogen and oxygen atoms in total. The molecule has 1 aliphatic rings. The van der Waals surface area contributed by atoms with Crippen molar-refractivity contribution in [3.8, 4) is 17.3 Å². The smallest absolute Gasteiger partial charge is 0.135 e. The number of pyridine rings is 1. The first-order valence-corrected chi connectivity index (χ1v) is 26.8. The average molecular weight is 1180 g/mol. The first kappa shape index (κ1) is 54.1. The monoisotopic (exact) mass is 1180 g/mol. The molecule has 0 spiro atoms. The number of hydrogen-bond acceptors (Lipinski definition) is 4. The topological polar surface area (TPSA) is 33.5 Å². The molecule has 0 amide bonds. The van der Waals surface area contributed by atoms with Gasteiger partial charge in [-0.05, 0) is 109 Å². The third-order valence-corrected chi connectivity index (χ3v) is 15.6. The van der Waals surface area contributed by atoms with E-state index in [1.54, 1.807) is 0 Å². The van der Waals surface area contributed by atoms with Crippen LogP contribution in [-0.2, 0) is 42.7 Å². The second-order valence-electron chi connectivity index (χ2n) is 24.3. The van der Waals surface area contributed by atoms with Crippen molar-refractivity contribution in [3.63, 3.8) is 0 Å². The predicted molar refractivity (Wildman–Crippen MR) is 316 cm³/mol. The van der Waals surface area contributed by atoms with Crippen molar-refractivity contribution in [1.82, 2.24) is 9.55 Å². The molecule has 392 valence electrons. The quantitative estimate of drug-likeness (QED) is 0.114. The molecule has 0 atom stereocenters. The summed E-state index contributed by atoms with van der Waals surface area (Å²) in [6, 6.07) is 64.6. The molecule has 76 heavy (non-hydrogen) atoms. The van der Waals surface area contributed by atoms with E-state index >= 15 is 0 Å². The van der Waals surface area contributed by atoms with Crippen LogP contribution in [-0.4, -0.2) is 9.55 Å². The Morgan fingerprint density at radius 2 is 1.08 bits per heavy atom. The fourth-order valence-electron chi connectivity index (χ4n) is 10.7. The van der Waals surface area contributed by atoms with Gasteiger partial charge >= 0.3 is 0 Å². The van der Waals surface area contributed by atoms with E-state index in [0.717, 1.165) is 44.7 Å². The molecule has 1 aliphatic heterocycles. The third kappa shape index (κ3) is 10.3. The molecule has 3 heterocycles. The molecule has 6 heteroatoms. The van der Waals surface area contributed by atoms with E-state index in [1.165, 1.54) is 50.1 Å². The summed E-state index contributed by atoms with van der Waals surface area (Å²) in [6.07, 6.45) is 4.26. The second kappa shape index (κ2) is 20.7. The van der Waals surface area contributed by atoms with Crippen molar-refractivity contribution in [1.29, 1.82) is 0 Å². The standard InChI is InChI=1S/C70H73N4O.Pt/c1-46(2)58-29-22-30-59(47(3)4)66(58)64-44-72(55-38-52(67(5,6)7)37-53(39-55)68(8,9)10)45-73(64)54-27-21-28-56(42-54)75-57-32-33-60-61-40-50(69(11,12)48-23-17-15-18-24-48)31-34-62(61)74(63(60)43-57)65-41-51(35-36-71-65)70(13,14)49-25-19-16-20-26-49;/h15-41,44-47H,1-14H3;/q-3;. The zero-order valence-corrected chi connectivity index (χ0v) is 49.2. The van der Waals surface area contributed by atoms with Crippen LogP contribution in [0, 0.1) is 18.8 Å². The summed E-state index contributed by atoms with van der Waals surface area (Å²) in [6.45, 7) is 34.4. The summed E-state index contributed by atoms with van der Waals surface area (Å²) in [5.74, 6) is 2.63. The van der Waals surface area contributed by atoms with Gasteiger partial charge in [-0.1, -0.05) is 200 Å². The van der Waals surface area contributed by atoms with Gasteiger partial charge in [-0.15, -0.1) is 48.1 Å². The first-order valence-electron chi connectivity index (χ1n) is 26.8. The zero-order chi connectivity index (χ0) is 53.2. The molecule has 10 rings (SSSR count). The Morgan fingerprint density at radius 1 is 0.513 bits per heavy atom. The summed E-state index contributed by atoms with van der Waals surface area (Å²) < 4.78 is 9.16. The molecular weight excluding hydrogens is 1110 g/mol. The first-order chi connectivity index (χ1) is 35.6. The van der Waals surface area contributed by atoms with Crippen LogP contribution >= 0.6 is 0 Å². The number of fused-ring (bicyclic) bond motifs is 3. The van der Waals surface area contributed by atoms with Crippen LogP contribution < -0.4 is 14.5 Å². The summed E-state index contributed by atoms with van der Waals surface area (Å²) in [5.41, 5.74) is 15.9. The van der Waals surface area contributed by atoms with Crippen LogP contribution in [0.25, 0.3) is 33.3 Å². The Labute approximate surface area is 467 Å². The Morgan fingerprint density at radius 3 is 1.66 bits per heavy atom. The normalized spacial score (nSPS) is 13.5. The minimum absolute atomic E-state index is 0. The molecule has 7 aromatic carbocycles. The van der Waals surface area contributed by atoms with Gasteiger partial charge in [0, 0.05) is 72.1 Å². The van der Waals surface area contributed by atoms with Gasteiger partial charge < -0.3 is 19.1 Å². The van der Waals surface area contributed by atoms with E-state index in [9.17, 15) is 0 Å². The summed E-state index contributed by atoms with van der Waals surface area (Å²) in [5, 5.41) is 2.21. The maximum absolute atomic E-state index is 6.91. The van der Waals surface area contributed by atoms with Gasteiger partial charge in [0.05, 0.1) is 0 Å². The minimum atomic E-state index is -0.263. The van der Waals surface area contributed by atoms with E-state index < -0.39 is 0 Å². The predicted octanol–water partition coefficient (Wildman–Crippen LogP) is 18.5. The van der Waals surface area contributed by atoms with Crippen LogP contribution in [0.1, 0.15) is 159 Å². The van der Waals surface area contributed by atoms with Gasteiger partial charge in [0.1, 0.15) is 5.82 Å². The van der Waals surface area contributed by atoms with Crippen molar-refractivity contribution in [2.24, 2.45) is 0 Å². The van der Waals surface area contributed by atoms with Gasteiger partial charge in [0.25, 0.3) is 0 Å². The fraction of sp³-hybridized carbons (Fsp3) is 0.286. The van der Waals surface area contributed by atoms with E-state index in [2.05, 4.69) is 282 Å². The molecule has 0 bridgehead atoms. The number of anilines is 2. The van der Waals surface area contributed by atoms with Crippen molar-refractivity contribution in [3.05, 3.63) is 239 Å². The Bertz CT molecular complexity index is 3530. The van der Waals surface area contributed by atoms with Gasteiger partial charge in [0.15, 0.2) is 0 Å². The van der Waals surface area contributed by atoms with Gasteiger partial charge in [0.2, 0.25) is 0 Å². The van der Waals surface area contributed by atoms with Crippen LogP contribution in [0.2, 0.25) is 0 Å². The van der Waals surface area contributed by atoms with Gasteiger partial charge in [-0.2, -0.15) is 12.1 Å². The number of benzene rings is 7. The maximum Gasteiger partial charge on any atom is 0.135 e. The van der Waals surface area contributed by atoms with Crippen molar-refractivity contribution in [2.45, 2.75) is 130 Å². The van der Waals surface area contributed by atoms with Crippen LogP contribution in [0.3, 0.4) is 0 Å². The van der Waals surface area contributed by atoms with Gasteiger partial charge in [-0.3, -0.25) is 0 Å².